The fourth-order valence-corrected chi connectivity index (χ4v) is 3.23. The molecule has 2 aromatic carbocycles. The second-order valence-electron chi connectivity index (χ2n) is 8.23. The second kappa shape index (κ2) is 12.0. The van der Waals surface area contributed by atoms with E-state index in [2.05, 4.69) is 21.3 Å². The van der Waals surface area contributed by atoms with Gasteiger partial charge in [0.2, 0.25) is 17.7 Å². The molecular formula is C25H34N4O3. The average molecular weight is 439 g/mol. The van der Waals surface area contributed by atoms with Gasteiger partial charge in [-0.05, 0) is 37.9 Å². The Bertz CT molecular complexity index is 847. The van der Waals surface area contributed by atoms with E-state index in [9.17, 15) is 14.4 Å². The second-order valence-corrected chi connectivity index (χ2v) is 8.23. The van der Waals surface area contributed by atoms with Crippen molar-refractivity contribution in [1.82, 2.24) is 21.3 Å². The van der Waals surface area contributed by atoms with Crippen LogP contribution in [0.5, 0.6) is 0 Å². The van der Waals surface area contributed by atoms with Crippen molar-refractivity contribution in [3.05, 3.63) is 71.8 Å². The van der Waals surface area contributed by atoms with Gasteiger partial charge < -0.3 is 21.3 Å². The molecule has 2 rings (SSSR count). The van der Waals surface area contributed by atoms with Crippen molar-refractivity contribution in [2.75, 3.05) is 7.05 Å². The van der Waals surface area contributed by atoms with Crippen LogP contribution in [0.15, 0.2) is 60.7 Å². The summed E-state index contributed by atoms with van der Waals surface area (Å²) in [6, 6.07) is 17.0. The molecule has 7 heteroatoms. The maximum Gasteiger partial charge on any atom is 0.243 e. The van der Waals surface area contributed by atoms with Gasteiger partial charge in [-0.1, -0.05) is 74.5 Å². The highest BCUT2D eigenvalue weighted by molar-refractivity contribution is 5.93. The van der Waals surface area contributed by atoms with E-state index < -0.39 is 24.0 Å². The summed E-state index contributed by atoms with van der Waals surface area (Å²) in [5, 5.41) is 11.4. The van der Waals surface area contributed by atoms with Crippen LogP contribution < -0.4 is 21.3 Å². The number of rotatable bonds is 10. The van der Waals surface area contributed by atoms with E-state index in [1.807, 2.05) is 74.5 Å². The van der Waals surface area contributed by atoms with E-state index >= 15 is 0 Å². The van der Waals surface area contributed by atoms with Gasteiger partial charge in [0.15, 0.2) is 0 Å². The Morgan fingerprint density at radius 3 is 1.53 bits per heavy atom. The molecule has 0 unspecified atom stereocenters. The molecule has 0 saturated heterocycles. The van der Waals surface area contributed by atoms with E-state index in [-0.39, 0.29) is 23.8 Å². The summed E-state index contributed by atoms with van der Waals surface area (Å²) in [5.41, 5.74) is 1.89. The third-order valence-corrected chi connectivity index (χ3v) is 5.38. The number of carbonyl (C=O) groups excluding carboxylic acids is 3. The molecule has 7 nitrogen and oxygen atoms in total. The minimum Gasteiger partial charge on any atom is -0.343 e. The lowest BCUT2D eigenvalue weighted by Gasteiger charge is -2.26. The molecule has 0 bridgehead atoms. The molecular weight excluding hydrogens is 404 g/mol. The first-order valence-corrected chi connectivity index (χ1v) is 10.9. The van der Waals surface area contributed by atoms with Crippen molar-refractivity contribution in [2.24, 2.45) is 5.92 Å². The van der Waals surface area contributed by atoms with Crippen LogP contribution in [-0.4, -0.2) is 42.9 Å². The maximum atomic E-state index is 13.0. The quantitative estimate of drug-likeness (QED) is 0.457. The lowest BCUT2D eigenvalue weighted by molar-refractivity contribution is -0.133. The SMILES string of the molecule is CN[C@@H](C)C(=O)N[C@H](C(=O)N[C@@H](C)C(=O)NC(c1ccccc1)c1ccccc1)C(C)C. The van der Waals surface area contributed by atoms with Crippen LogP contribution in [0.2, 0.25) is 0 Å². The largest absolute Gasteiger partial charge is 0.343 e. The highest BCUT2D eigenvalue weighted by Gasteiger charge is 2.29. The average Bonchev–Trinajstić information content (AvgIpc) is 2.80. The minimum atomic E-state index is -0.780. The number of nitrogens with one attached hydrogen (secondary N) is 4. The molecule has 0 aromatic heterocycles. The number of likely N-dealkylation sites (N-methyl/N-ethyl adjacent to an activating group) is 1. The smallest absolute Gasteiger partial charge is 0.243 e. The topological polar surface area (TPSA) is 99.3 Å². The third kappa shape index (κ3) is 6.92. The minimum absolute atomic E-state index is 0.139. The normalized spacial score (nSPS) is 13.8. The Morgan fingerprint density at radius 1 is 0.625 bits per heavy atom. The first-order chi connectivity index (χ1) is 15.2. The molecule has 0 spiro atoms. The molecule has 0 saturated carbocycles. The standard InChI is InChI=1S/C25H34N4O3/c1-16(2)21(28-23(30)17(3)26-5)25(32)27-18(4)24(31)29-22(19-12-8-6-9-13-19)20-14-10-7-11-15-20/h6-18,21-22,26H,1-5H3,(H,27,32)(H,28,30)(H,29,31)/t17-,18-,21-/m0/s1. The fourth-order valence-electron chi connectivity index (χ4n) is 3.23. The lowest BCUT2D eigenvalue weighted by atomic mass is 9.98. The maximum absolute atomic E-state index is 13.0. The Kier molecular flexibility index (Phi) is 9.40. The first-order valence-electron chi connectivity index (χ1n) is 10.9. The summed E-state index contributed by atoms with van der Waals surface area (Å²) in [4.78, 5) is 38.1. The van der Waals surface area contributed by atoms with Crippen LogP contribution in [0, 0.1) is 5.92 Å². The van der Waals surface area contributed by atoms with Crippen molar-refractivity contribution in [3.63, 3.8) is 0 Å². The van der Waals surface area contributed by atoms with Crippen molar-refractivity contribution in [3.8, 4) is 0 Å². The number of amides is 3. The lowest BCUT2D eigenvalue weighted by Crippen LogP contribution is -2.56. The molecule has 0 aliphatic heterocycles. The predicted octanol–water partition coefficient (Wildman–Crippen LogP) is 2.15. The van der Waals surface area contributed by atoms with Crippen molar-refractivity contribution >= 4 is 17.7 Å². The fraction of sp³-hybridized carbons (Fsp3) is 0.400. The summed E-state index contributed by atoms with van der Waals surface area (Å²) in [5.74, 6) is -1.12. The predicted molar refractivity (Wildman–Crippen MR) is 126 cm³/mol. The van der Waals surface area contributed by atoms with E-state index in [1.165, 1.54) is 0 Å². The Balaban J connectivity index is 2.10. The van der Waals surface area contributed by atoms with Gasteiger partial charge >= 0.3 is 0 Å². The highest BCUT2D eigenvalue weighted by atomic mass is 16.2. The Labute approximate surface area is 190 Å². The molecule has 3 amide bonds. The molecule has 32 heavy (non-hydrogen) atoms. The van der Waals surface area contributed by atoms with E-state index in [0.29, 0.717) is 0 Å². The number of hydrogen-bond donors (Lipinski definition) is 4. The summed E-state index contributed by atoms with van der Waals surface area (Å²) >= 11 is 0. The molecule has 2 aromatic rings. The molecule has 0 heterocycles. The zero-order chi connectivity index (χ0) is 23.7. The highest BCUT2D eigenvalue weighted by Crippen LogP contribution is 2.21. The van der Waals surface area contributed by atoms with Crippen molar-refractivity contribution in [2.45, 2.75) is 51.9 Å². The van der Waals surface area contributed by atoms with Crippen LogP contribution in [0.1, 0.15) is 44.9 Å². The van der Waals surface area contributed by atoms with Gasteiger partial charge in [0, 0.05) is 0 Å². The Hall–Kier alpha value is -3.19. The molecule has 3 atom stereocenters. The van der Waals surface area contributed by atoms with Gasteiger partial charge in [-0.25, -0.2) is 0 Å². The number of benzene rings is 2. The molecule has 0 fully saturated rings. The summed E-state index contributed by atoms with van der Waals surface area (Å²) in [7, 11) is 1.68. The van der Waals surface area contributed by atoms with Crippen LogP contribution >= 0.6 is 0 Å². The summed E-state index contributed by atoms with van der Waals surface area (Å²) in [6.07, 6.45) is 0. The van der Waals surface area contributed by atoms with Crippen molar-refractivity contribution < 1.29 is 14.4 Å². The van der Waals surface area contributed by atoms with Crippen LogP contribution in [0.4, 0.5) is 0 Å². The van der Waals surface area contributed by atoms with Gasteiger partial charge in [-0.2, -0.15) is 0 Å². The summed E-state index contributed by atoms with van der Waals surface area (Å²) in [6.45, 7) is 7.05. The van der Waals surface area contributed by atoms with E-state index in [1.54, 1.807) is 20.9 Å². The van der Waals surface area contributed by atoms with Gasteiger partial charge in [0.05, 0.1) is 12.1 Å². The zero-order valence-corrected chi connectivity index (χ0v) is 19.4. The monoisotopic (exact) mass is 438 g/mol. The zero-order valence-electron chi connectivity index (χ0n) is 19.4. The first kappa shape index (κ1) is 25.1. The van der Waals surface area contributed by atoms with Gasteiger partial charge in [0.25, 0.3) is 0 Å². The van der Waals surface area contributed by atoms with Crippen LogP contribution in [-0.2, 0) is 14.4 Å². The molecule has 4 N–H and O–H groups in total. The van der Waals surface area contributed by atoms with Crippen molar-refractivity contribution in [1.29, 1.82) is 0 Å². The summed E-state index contributed by atoms with van der Waals surface area (Å²) < 4.78 is 0. The van der Waals surface area contributed by atoms with Gasteiger partial charge in [-0.3, -0.25) is 14.4 Å². The molecule has 0 aliphatic carbocycles. The van der Waals surface area contributed by atoms with Crippen LogP contribution in [0.25, 0.3) is 0 Å². The van der Waals surface area contributed by atoms with E-state index in [0.717, 1.165) is 11.1 Å². The number of carbonyl (C=O) groups is 3. The third-order valence-electron chi connectivity index (χ3n) is 5.38. The van der Waals surface area contributed by atoms with Gasteiger partial charge in [-0.15, -0.1) is 0 Å². The van der Waals surface area contributed by atoms with Crippen LogP contribution in [0.3, 0.4) is 0 Å². The molecule has 0 radical (unpaired) electrons. The van der Waals surface area contributed by atoms with Gasteiger partial charge in [0.1, 0.15) is 12.1 Å². The Morgan fingerprint density at radius 2 is 1.09 bits per heavy atom. The number of hydrogen-bond acceptors (Lipinski definition) is 4. The molecule has 172 valence electrons. The molecule has 0 aliphatic rings. The van der Waals surface area contributed by atoms with E-state index in [4.69, 9.17) is 0 Å².